The highest BCUT2D eigenvalue weighted by atomic mass is 31.1. The van der Waals surface area contributed by atoms with Crippen molar-refractivity contribution in [2.45, 2.75) is 62.7 Å². The van der Waals surface area contributed by atoms with E-state index in [0.29, 0.717) is 0 Å². The van der Waals surface area contributed by atoms with E-state index in [2.05, 4.69) is 13.8 Å². The molecule has 1 heteroatoms. The van der Waals surface area contributed by atoms with E-state index in [-0.39, 0.29) is 0 Å². The van der Waals surface area contributed by atoms with Crippen molar-refractivity contribution >= 4 is 8.58 Å². The third kappa shape index (κ3) is 1.47. The van der Waals surface area contributed by atoms with Gasteiger partial charge in [-0.2, -0.15) is 0 Å². The molecule has 0 aromatic rings. The minimum atomic E-state index is 0.769. The highest BCUT2D eigenvalue weighted by molar-refractivity contribution is 7.42. The van der Waals surface area contributed by atoms with Crippen molar-refractivity contribution in [3.8, 4) is 0 Å². The van der Waals surface area contributed by atoms with Gasteiger partial charge in [-0.05, 0) is 36.0 Å². The average Bonchev–Trinajstić information content (AvgIpc) is 2.11. The molecule has 0 saturated carbocycles. The van der Waals surface area contributed by atoms with E-state index in [9.17, 15) is 0 Å². The van der Waals surface area contributed by atoms with E-state index in [1.807, 2.05) is 0 Å². The molecule has 2 heterocycles. The summed E-state index contributed by atoms with van der Waals surface area (Å²) >= 11 is 0. The van der Waals surface area contributed by atoms with Gasteiger partial charge in [-0.15, -0.1) is 8.58 Å². The van der Waals surface area contributed by atoms with Gasteiger partial charge in [0.05, 0.1) is 0 Å². The van der Waals surface area contributed by atoms with E-state index in [1.165, 1.54) is 47.1 Å². The van der Waals surface area contributed by atoms with Crippen LogP contribution in [0.1, 0.15) is 52.4 Å². The lowest BCUT2D eigenvalue weighted by Crippen LogP contribution is -2.13. The van der Waals surface area contributed by atoms with Crippen molar-refractivity contribution in [2.75, 3.05) is 0 Å². The first-order valence-corrected chi connectivity index (χ1v) is 5.91. The second-order valence-corrected chi connectivity index (χ2v) is 7.62. The van der Waals surface area contributed by atoms with Crippen molar-refractivity contribution in [3.05, 3.63) is 0 Å². The van der Waals surface area contributed by atoms with E-state index in [1.54, 1.807) is 0 Å². The van der Waals surface area contributed by atoms with Crippen LogP contribution in [0.3, 0.4) is 0 Å². The summed E-state index contributed by atoms with van der Waals surface area (Å²) in [5.74, 6) is 0. The van der Waals surface area contributed by atoms with Gasteiger partial charge in [0.25, 0.3) is 0 Å². The first-order valence-electron chi connectivity index (χ1n) is 4.91. The minimum absolute atomic E-state index is 0.769. The van der Waals surface area contributed by atoms with Gasteiger partial charge >= 0.3 is 0 Å². The van der Waals surface area contributed by atoms with Gasteiger partial charge in [-0.1, -0.05) is 26.7 Å². The van der Waals surface area contributed by atoms with Gasteiger partial charge in [0.2, 0.25) is 0 Å². The molecule has 2 rings (SSSR count). The Hall–Kier alpha value is 0.430. The largest absolute Gasteiger partial charge is 0.110 e. The molecule has 0 aromatic carbocycles. The molecule has 0 N–H and O–H groups in total. The van der Waals surface area contributed by atoms with Crippen molar-refractivity contribution in [1.82, 2.24) is 0 Å². The van der Waals surface area contributed by atoms with Crippen LogP contribution in [0.25, 0.3) is 0 Å². The molecule has 0 radical (unpaired) electrons. The summed E-state index contributed by atoms with van der Waals surface area (Å²) in [6, 6.07) is 0. The predicted octanol–water partition coefficient (Wildman–Crippen LogP) is 3.55. The summed E-state index contributed by atoms with van der Waals surface area (Å²) in [5, 5.41) is 1.54. The van der Waals surface area contributed by atoms with Crippen molar-refractivity contribution in [1.29, 1.82) is 0 Å². The van der Waals surface area contributed by atoms with Crippen LogP contribution in [-0.4, -0.2) is 10.3 Å². The summed E-state index contributed by atoms with van der Waals surface area (Å²) in [7, 11) is 1.26. The third-order valence-corrected chi connectivity index (χ3v) is 5.75. The summed E-state index contributed by atoms with van der Waals surface area (Å²) in [6.45, 7) is 5.03. The second-order valence-electron chi connectivity index (χ2n) is 4.95. The average molecular weight is 170 g/mol. The van der Waals surface area contributed by atoms with Gasteiger partial charge in [-0.25, -0.2) is 0 Å². The molecule has 0 aromatic heterocycles. The lowest BCUT2D eigenvalue weighted by atomic mass is 9.87. The molecule has 2 bridgehead atoms. The first kappa shape index (κ1) is 8.05. The Labute approximate surface area is 71.9 Å². The zero-order chi connectivity index (χ0) is 7.95. The lowest BCUT2D eigenvalue weighted by molar-refractivity contribution is 0.434. The molecule has 2 aliphatic heterocycles. The zero-order valence-corrected chi connectivity index (χ0v) is 8.74. The van der Waals surface area contributed by atoms with Gasteiger partial charge < -0.3 is 0 Å². The van der Waals surface area contributed by atoms with Crippen LogP contribution in [0.5, 0.6) is 0 Å². The van der Waals surface area contributed by atoms with Crippen molar-refractivity contribution in [3.63, 3.8) is 0 Å². The molecule has 64 valence electrons. The highest BCUT2D eigenvalue weighted by Gasteiger charge is 2.43. The van der Waals surface area contributed by atoms with Crippen molar-refractivity contribution < 1.29 is 0 Å². The SMILES string of the molecule is CC12CCCCC(C)(CC1)P2. The molecule has 0 spiro atoms. The maximum absolute atomic E-state index is 2.52. The number of fused-ring (bicyclic) bond motifs is 2. The van der Waals surface area contributed by atoms with Gasteiger partial charge in [-0.3, -0.25) is 0 Å². The summed E-state index contributed by atoms with van der Waals surface area (Å²) < 4.78 is 0. The number of hydrogen-bond acceptors (Lipinski definition) is 0. The van der Waals surface area contributed by atoms with Crippen LogP contribution >= 0.6 is 8.58 Å². The Morgan fingerprint density at radius 1 is 0.818 bits per heavy atom. The normalized spacial score (nSPS) is 52.9. The fraction of sp³-hybridized carbons (Fsp3) is 1.00. The smallest absolute Gasteiger partial charge is 0.0145 e. The van der Waals surface area contributed by atoms with Gasteiger partial charge in [0.15, 0.2) is 0 Å². The highest BCUT2D eigenvalue weighted by Crippen LogP contribution is 2.61. The number of hydrogen-bond donors (Lipinski definition) is 0. The van der Waals surface area contributed by atoms with E-state index >= 15 is 0 Å². The molecule has 11 heavy (non-hydrogen) atoms. The molecule has 2 saturated heterocycles. The predicted molar refractivity (Wildman–Crippen MR) is 52.8 cm³/mol. The Balaban J connectivity index is 2.18. The van der Waals surface area contributed by atoms with Crippen LogP contribution in [-0.2, 0) is 0 Å². The summed E-state index contributed by atoms with van der Waals surface area (Å²) in [6.07, 6.45) is 9.06. The molecular formula is C10H19P. The van der Waals surface area contributed by atoms with Crippen LogP contribution in [0, 0.1) is 0 Å². The first-order chi connectivity index (χ1) is 5.12. The third-order valence-electron chi connectivity index (χ3n) is 3.54. The van der Waals surface area contributed by atoms with Gasteiger partial charge in [0, 0.05) is 0 Å². The molecule has 2 atom stereocenters. The quantitative estimate of drug-likeness (QED) is 0.488. The second kappa shape index (κ2) is 2.46. The standard InChI is InChI=1S/C10H19P/c1-9-5-3-4-6-10(2,11-9)8-7-9/h11H,3-8H2,1-2H3. The maximum atomic E-state index is 2.52. The fourth-order valence-electron chi connectivity index (χ4n) is 2.81. The minimum Gasteiger partial charge on any atom is -0.110 e. The lowest BCUT2D eigenvalue weighted by Gasteiger charge is -2.25. The topological polar surface area (TPSA) is 0 Å². The van der Waals surface area contributed by atoms with E-state index in [4.69, 9.17) is 0 Å². The van der Waals surface area contributed by atoms with Crippen molar-refractivity contribution in [2.24, 2.45) is 0 Å². The van der Waals surface area contributed by atoms with Crippen LogP contribution < -0.4 is 0 Å². The monoisotopic (exact) mass is 170 g/mol. The molecule has 2 aliphatic rings. The van der Waals surface area contributed by atoms with Crippen LogP contribution in [0.15, 0.2) is 0 Å². The summed E-state index contributed by atoms with van der Waals surface area (Å²) in [5.41, 5.74) is 0. The van der Waals surface area contributed by atoms with Crippen LogP contribution in [0.2, 0.25) is 0 Å². The molecule has 2 unspecified atom stereocenters. The fourth-order valence-corrected chi connectivity index (χ4v) is 5.37. The van der Waals surface area contributed by atoms with Crippen LogP contribution in [0.4, 0.5) is 0 Å². The van der Waals surface area contributed by atoms with E-state index in [0.717, 1.165) is 10.3 Å². The maximum Gasteiger partial charge on any atom is -0.0145 e. The Bertz CT molecular complexity index is 140. The molecule has 0 amide bonds. The van der Waals surface area contributed by atoms with E-state index < -0.39 is 0 Å². The zero-order valence-electron chi connectivity index (χ0n) is 7.74. The molecular weight excluding hydrogens is 151 g/mol. The summed E-state index contributed by atoms with van der Waals surface area (Å²) in [4.78, 5) is 0. The Kier molecular flexibility index (Phi) is 1.80. The molecule has 0 nitrogen and oxygen atoms in total. The Morgan fingerprint density at radius 2 is 1.27 bits per heavy atom. The number of rotatable bonds is 0. The Morgan fingerprint density at radius 3 is 1.73 bits per heavy atom. The molecule has 0 aliphatic carbocycles. The molecule has 2 fully saturated rings. The van der Waals surface area contributed by atoms with Gasteiger partial charge in [0.1, 0.15) is 0 Å².